The van der Waals surface area contributed by atoms with E-state index < -0.39 is 0 Å². The minimum atomic E-state index is -0.259. The lowest BCUT2D eigenvalue weighted by atomic mass is 10.0. The van der Waals surface area contributed by atoms with Gasteiger partial charge < -0.3 is 19.8 Å². The molecule has 1 amide bonds. The Bertz CT molecular complexity index is 910. The minimum absolute atomic E-state index is 0.147. The second kappa shape index (κ2) is 8.00. The van der Waals surface area contributed by atoms with Crippen molar-refractivity contribution < 1.29 is 14.3 Å². The van der Waals surface area contributed by atoms with Crippen LogP contribution in [0.5, 0.6) is 11.5 Å². The van der Waals surface area contributed by atoms with Crippen LogP contribution in [0.1, 0.15) is 36.1 Å². The largest absolute Gasteiger partial charge is 0.495 e. The van der Waals surface area contributed by atoms with Gasteiger partial charge in [-0.1, -0.05) is 26.0 Å². The predicted molar refractivity (Wildman–Crippen MR) is 108 cm³/mol. The molecule has 2 N–H and O–H groups in total. The first kappa shape index (κ1) is 19.2. The van der Waals surface area contributed by atoms with Crippen LogP contribution in [-0.2, 0) is 0 Å². The Morgan fingerprint density at radius 1 is 1.15 bits per heavy atom. The summed E-state index contributed by atoms with van der Waals surface area (Å²) in [5, 5.41) is 3.07. The molecule has 0 radical (unpaired) electrons. The van der Waals surface area contributed by atoms with Gasteiger partial charge in [-0.25, -0.2) is 4.98 Å². The highest BCUT2D eigenvalue weighted by Gasteiger charge is 2.23. The molecule has 0 saturated carbocycles. The van der Waals surface area contributed by atoms with E-state index in [0.717, 1.165) is 16.9 Å². The Kier molecular flexibility index (Phi) is 5.70. The summed E-state index contributed by atoms with van der Waals surface area (Å²) in [6.07, 6.45) is 0. The van der Waals surface area contributed by atoms with E-state index in [1.807, 2.05) is 38.1 Å². The molecule has 0 saturated heterocycles. The standard InChI is InChI=1S/C20H22BrN3O3/c1-11(2)18(19-22-13-7-5-6-8-14(13)23-19)24-20(25)12-9-15(26-3)17(21)16(10-12)27-4/h5-11,18H,1-4H3,(H,22,23)(H,24,25)/t18-/m0/s1. The van der Waals surface area contributed by atoms with Gasteiger partial charge in [-0.2, -0.15) is 0 Å². The summed E-state index contributed by atoms with van der Waals surface area (Å²) in [6, 6.07) is 10.9. The summed E-state index contributed by atoms with van der Waals surface area (Å²) in [6.45, 7) is 4.09. The average molecular weight is 432 g/mol. The number of para-hydroxylation sites is 2. The molecular weight excluding hydrogens is 410 g/mol. The molecule has 0 aliphatic rings. The third kappa shape index (κ3) is 3.93. The molecule has 3 rings (SSSR count). The molecule has 0 unspecified atom stereocenters. The van der Waals surface area contributed by atoms with Gasteiger partial charge in [0.05, 0.1) is 31.3 Å². The first-order valence-electron chi connectivity index (χ1n) is 8.61. The number of fused-ring (bicyclic) bond motifs is 1. The van der Waals surface area contributed by atoms with Gasteiger partial charge in [0, 0.05) is 5.56 Å². The van der Waals surface area contributed by atoms with Gasteiger partial charge in [0.25, 0.3) is 5.91 Å². The first-order valence-corrected chi connectivity index (χ1v) is 9.41. The summed E-state index contributed by atoms with van der Waals surface area (Å²) < 4.78 is 11.3. The van der Waals surface area contributed by atoms with Gasteiger partial charge in [0.2, 0.25) is 0 Å². The number of aromatic amines is 1. The zero-order valence-electron chi connectivity index (χ0n) is 15.7. The lowest BCUT2D eigenvalue weighted by Gasteiger charge is -2.21. The maximum absolute atomic E-state index is 12.9. The lowest BCUT2D eigenvalue weighted by Crippen LogP contribution is -2.32. The van der Waals surface area contributed by atoms with E-state index >= 15 is 0 Å². The van der Waals surface area contributed by atoms with E-state index in [0.29, 0.717) is 21.5 Å². The lowest BCUT2D eigenvalue weighted by molar-refractivity contribution is 0.0922. The number of carbonyl (C=O) groups is 1. The topological polar surface area (TPSA) is 76.2 Å². The number of aromatic nitrogens is 2. The summed E-state index contributed by atoms with van der Waals surface area (Å²) in [5.74, 6) is 1.72. The molecule has 0 aliphatic carbocycles. The van der Waals surface area contributed by atoms with Crippen LogP contribution in [0.2, 0.25) is 0 Å². The Labute approximate surface area is 166 Å². The highest BCUT2D eigenvalue weighted by atomic mass is 79.9. The third-order valence-corrected chi connectivity index (χ3v) is 5.14. The number of halogens is 1. The van der Waals surface area contributed by atoms with Gasteiger partial charge in [-0.05, 0) is 46.1 Å². The average Bonchev–Trinajstić information content (AvgIpc) is 3.09. The molecule has 1 aromatic heterocycles. The van der Waals surface area contributed by atoms with Gasteiger partial charge in [-0.3, -0.25) is 4.79 Å². The molecule has 0 spiro atoms. The van der Waals surface area contributed by atoms with Crippen molar-refractivity contribution in [2.45, 2.75) is 19.9 Å². The number of H-pyrrole nitrogens is 1. The van der Waals surface area contributed by atoms with Crippen LogP contribution in [0.3, 0.4) is 0 Å². The number of nitrogens with zero attached hydrogens (tertiary/aromatic N) is 1. The Morgan fingerprint density at radius 2 is 1.78 bits per heavy atom. The molecule has 0 aliphatic heterocycles. The number of ether oxygens (including phenoxy) is 2. The van der Waals surface area contributed by atoms with E-state index in [4.69, 9.17) is 9.47 Å². The van der Waals surface area contributed by atoms with Crippen LogP contribution in [0.15, 0.2) is 40.9 Å². The highest BCUT2D eigenvalue weighted by Crippen LogP contribution is 2.36. The molecule has 7 heteroatoms. The van der Waals surface area contributed by atoms with Gasteiger partial charge in [0.15, 0.2) is 0 Å². The number of hydrogen-bond donors (Lipinski definition) is 2. The predicted octanol–water partition coefficient (Wildman–Crippen LogP) is 4.47. The molecule has 0 fully saturated rings. The zero-order chi connectivity index (χ0) is 19.6. The number of methoxy groups -OCH3 is 2. The van der Waals surface area contributed by atoms with Crippen molar-refractivity contribution in [1.29, 1.82) is 0 Å². The van der Waals surface area contributed by atoms with Crippen LogP contribution in [0.4, 0.5) is 0 Å². The van der Waals surface area contributed by atoms with E-state index in [9.17, 15) is 4.79 Å². The second-order valence-electron chi connectivity index (χ2n) is 6.53. The minimum Gasteiger partial charge on any atom is -0.495 e. The quantitative estimate of drug-likeness (QED) is 0.603. The molecular formula is C20H22BrN3O3. The van der Waals surface area contributed by atoms with E-state index in [2.05, 4.69) is 31.2 Å². The molecule has 2 aromatic carbocycles. The van der Waals surface area contributed by atoms with Gasteiger partial charge in [-0.15, -0.1) is 0 Å². The van der Waals surface area contributed by atoms with Crippen LogP contribution < -0.4 is 14.8 Å². The smallest absolute Gasteiger partial charge is 0.252 e. The molecule has 142 valence electrons. The van der Waals surface area contributed by atoms with Crippen LogP contribution >= 0.6 is 15.9 Å². The van der Waals surface area contributed by atoms with Crippen molar-refractivity contribution in [3.63, 3.8) is 0 Å². The normalized spacial score (nSPS) is 12.2. The molecule has 1 atom stereocenters. The van der Waals surface area contributed by atoms with Crippen molar-refractivity contribution in [2.75, 3.05) is 14.2 Å². The van der Waals surface area contributed by atoms with Crippen molar-refractivity contribution in [2.24, 2.45) is 5.92 Å². The molecule has 27 heavy (non-hydrogen) atoms. The van der Waals surface area contributed by atoms with Gasteiger partial charge in [0.1, 0.15) is 21.8 Å². The Morgan fingerprint density at radius 3 is 2.33 bits per heavy atom. The SMILES string of the molecule is COc1cc(C(=O)N[C@H](c2nc3ccccc3[nH]2)C(C)C)cc(OC)c1Br. The molecule has 0 bridgehead atoms. The fourth-order valence-corrected chi connectivity index (χ4v) is 3.45. The summed E-state index contributed by atoms with van der Waals surface area (Å²) >= 11 is 3.42. The summed E-state index contributed by atoms with van der Waals surface area (Å²) in [5.41, 5.74) is 2.27. The maximum atomic E-state index is 12.9. The number of imidazole rings is 1. The number of benzene rings is 2. The number of nitrogens with one attached hydrogen (secondary N) is 2. The number of carbonyl (C=O) groups excluding carboxylic acids is 1. The van der Waals surface area contributed by atoms with Crippen LogP contribution in [0.25, 0.3) is 11.0 Å². The van der Waals surface area contributed by atoms with Crippen LogP contribution in [0, 0.1) is 5.92 Å². The fraction of sp³-hybridized carbons (Fsp3) is 0.300. The summed E-state index contributed by atoms with van der Waals surface area (Å²) in [7, 11) is 3.10. The Hall–Kier alpha value is -2.54. The molecule has 3 aromatic rings. The van der Waals surface area contributed by atoms with Gasteiger partial charge >= 0.3 is 0 Å². The van der Waals surface area contributed by atoms with E-state index in [1.165, 1.54) is 0 Å². The van der Waals surface area contributed by atoms with Crippen molar-refractivity contribution in [1.82, 2.24) is 15.3 Å². The third-order valence-electron chi connectivity index (χ3n) is 4.36. The van der Waals surface area contributed by atoms with Crippen molar-refractivity contribution in [3.8, 4) is 11.5 Å². The van der Waals surface area contributed by atoms with E-state index in [1.54, 1.807) is 26.4 Å². The number of hydrogen-bond acceptors (Lipinski definition) is 4. The molecule has 1 heterocycles. The molecule has 6 nitrogen and oxygen atoms in total. The first-order chi connectivity index (χ1) is 12.9. The Balaban J connectivity index is 1.92. The fourth-order valence-electron chi connectivity index (χ4n) is 2.90. The van der Waals surface area contributed by atoms with E-state index in [-0.39, 0.29) is 17.9 Å². The monoisotopic (exact) mass is 431 g/mol. The zero-order valence-corrected chi connectivity index (χ0v) is 17.3. The second-order valence-corrected chi connectivity index (χ2v) is 7.32. The number of rotatable bonds is 6. The summed E-state index contributed by atoms with van der Waals surface area (Å²) in [4.78, 5) is 20.9. The number of amides is 1. The highest BCUT2D eigenvalue weighted by molar-refractivity contribution is 9.10. The maximum Gasteiger partial charge on any atom is 0.252 e. The van der Waals surface area contributed by atoms with Crippen LogP contribution in [-0.4, -0.2) is 30.1 Å². The van der Waals surface area contributed by atoms with Crippen molar-refractivity contribution >= 4 is 32.9 Å². The van der Waals surface area contributed by atoms with Crippen molar-refractivity contribution in [3.05, 3.63) is 52.3 Å².